The van der Waals surface area contributed by atoms with Crippen LogP contribution in [0.5, 0.6) is 0 Å². The molecule has 0 aliphatic rings. The maximum Gasteiger partial charge on any atom is 0.340 e. The highest BCUT2D eigenvalue weighted by molar-refractivity contribution is 5.98. The van der Waals surface area contributed by atoms with Gasteiger partial charge in [-0.05, 0) is 12.5 Å². The third-order valence-corrected chi connectivity index (χ3v) is 2.16. The van der Waals surface area contributed by atoms with E-state index < -0.39 is 5.97 Å². The minimum atomic E-state index is -0.534. The fourth-order valence-electron chi connectivity index (χ4n) is 1.50. The Kier molecular flexibility index (Phi) is 2.03. The van der Waals surface area contributed by atoms with Crippen molar-refractivity contribution in [1.29, 1.82) is 0 Å². The zero-order chi connectivity index (χ0) is 11.0. The summed E-state index contributed by atoms with van der Waals surface area (Å²) in [7, 11) is 1.27. The lowest BCUT2D eigenvalue weighted by Crippen LogP contribution is -2.14. The van der Waals surface area contributed by atoms with E-state index in [1.807, 2.05) is 0 Å². The molecule has 6 heteroatoms. The second kappa shape index (κ2) is 3.23. The third-order valence-electron chi connectivity index (χ3n) is 2.16. The van der Waals surface area contributed by atoms with Crippen molar-refractivity contribution in [3.8, 4) is 0 Å². The summed E-state index contributed by atoms with van der Waals surface area (Å²) in [5.74, 6) is -0.534. The number of fused-ring (bicyclic) bond motifs is 1. The van der Waals surface area contributed by atoms with Crippen LogP contribution in [0.4, 0.5) is 0 Å². The lowest BCUT2D eigenvalue weighted by molar-refractivity contribution is 0.0602. The Morgan fingerprint density at radius 3 is 3.00 bits per heavy atom. The maximum absolute atomic E-state index is 11.5. The van der Waals surface area contributed by atoms with Crippen molar-refractivity contribution < 1.29 is 9.53 Å². The second-order valence-electron chi connectivity index (χ2n) is 3.09. The molecule has 0 saturated carbocycles. The number of aromatic amines is 1. The zero-order valence-electron chi connectivity index (χ0n) is 8.27. The number of methoxy groups -OCH3 is 1. The lowest BCUT2D eigenvalue weighted by Gasteiger charge is -1.97. The van der Waals surface area contributed by atoms with Crippen LogP contribution in [-0.2, 0) is 4.74 Å². The van der Waals surface area contributed by atoms with Gasteiger partial charge in [-0.2, -0.15) is 5.10 Å². The molecule has 0 aromatic carbocycles. The number of carbonyl (C=O) groups excluding carboxylic acids is 1. The molecule has 0 amide bonds. The predicted octanol–water partition coefficient (Wildman–Crippen LogP) is 0.118. The van der Waals surface area contributed by atoms with Crippen molar-refractivity contribution >= 4 is 11.5 Å². The van der Waals surface area contributed by atoms with E-state index >= 15 is 0 Å². The molecule has 0 aliphatic carbocycles. The summed E-state index contributed by atoms with van der Waals surface area (Å²) in [6, 6.07) is 0. The summed E-state index contributed by atoms with van der Waals surface area (Å²) in [6.07, 6.45) is 2.88. The first-order valence-electron chi connectivity index (χ1n) is 4.29. The molecule has 1 N–H and O–H groups in total. The van der Waals surface area contributed by atoms with Gasteiger partial charge in [0.2, 0.25) is 0 Å². The quantitative estimate of drug-likeness (QED) is 0.674. The number of nitrogens with zero attached hydrogens (tertiary/aromatic N) is 2. The van der Waals surface area contributed by atoms with Gasteiger partial charge in [-0.3, -0.25) is 4.79 Å². The summed E-state index contributed by atoms with van der Waals surface area (Å²) < 4.78 is 5.97. The highest BCUT2D eigenvalue weighted by Gasteiger charge is 2.18. The minimum absolute atomic E-state index is 0.210. The standard InChI is InChI=1S/C9H9N3O3/c1-5-3-12-7(6(5)9(14)15-2)8(13)10-4-11-12/h3-4H,1-2H3,(H,10,11,13). The average Bonchev–Trinajstić information content (AvgIpc) is 2.55. The number of H-pyrrole nitrogens is 1. The Morgan fingerprint density at radius 2 is 2.33 bits per heavy atom. The van der Waals surface area contributed by atoms with Crippen LogP contribution in [0.15, 0.2) is 17.3 Å². The number of carbonyl (C=O) groups is 1. The number of ether oxygens (including phenoxy) is 1. The Labute approximate surface area is 84.5 Å². The van der Waals surface area contributed by atoms with Crippen LogP contribution in [0.3, 0.4) is 0 Å². The Balaban J connectivity index is 2.89. The van der Waals surface area contributed by atoms with Gasteiger partial charge >= 0.3 is 5.97 Å². The van der Waals surface area contributed by atoms with E-state index in [0.29, 0.717) is 5.56 Å². The van der Waals surface area contributed by atoms with Gasteiger partial charge in [-0.15, -0.1) is 0 Å². The fourth-order valence-corrected chi connectivity index (χ4v) is 1.50. The minimum Gasteiger partial charge on any atom is -0.465 e. The fraction of sp³-hybridized carbons (Fsp3) is 0.222. The van der Waals surface area contributed by atoms with Gasteiger partial charge in [0.05, 0.1) is 12.7 Å². The van der Waals surface area contributed by atoms with Crippen molar-refractivity contribution in [3.63, 3.8) is 0 Å². The van der Waals surface area contributed by atoms with Gasteiger partial charge in [0.25, 0.3) is 5.56 Å². The van der Waals surface area contributed by atoms with E-state index in [2.05, 4.69) is 14.8 Å². The van der Waals surface area contributed by atoms with E-state index in [9.17, 15) is 9.59 Å². The van der Waals surface area contributed by atoms with Gasteiger partial charge in [-0.25, -0.2) is 9.31 Å². The molecule has 0 fully saturated rings. The monoisotopic (exact) mass is 207 g/mol. The van der Waals surface area contributed by atoms with Crippen LogP contribution in [0, 0.1) is 6.92 Å². The van der Waals surface area contributed by atoms with Crippen LogP contribution in [0.1, 0.15) is 15.9 Å². The van der Waals surface area contributed by atoms with Gasteiger partial charge in [0.1, 0.15) is 11.8 Å². The molecule has 0 atom stereocenters. The Morgan fingerprint density at radius 1 is 1.60 bits per heavy atom. The third kappa shape index (κ3) is 1.30. The Hall–Kier alpha value is -2.11. The number of esters is 1. The van der Waals surface area contributed by atoms with Crippen LogP contribution >= 0.6 is 0 Å². The van der Waals surface area contributed by atoms with E-state index in [4.69, 9.17) is 0 Å². The molecular formula is C9H9N3O3. The first kappa shape index (κ1) is 9.45. The largest absolute Gasteiger partial charge is 0.465 e. The molecule has 2 aromatic rings. The van der Waals surface area contributed by atoms with E-state index in [0.717, 1.165) is 0 Å². The zero-order valence-corrected chi connectivity index (χ0v) is 8.27. The topological polar surface area (TPSA) is 76.5 Å². The molecule has 15 heavy (non-hydrogen) atoms. The summed E-state index contributed by atoms with van der Waals surface area (Å²) >= 11 is 0. The molecule has 78 valence electrons. The van der Waals surface area contributed by atoms with E-state index in [-0.39, 0.29) is 16.6 Å². The molecule has 2 rings (SSSR count). The molecule has 0 saturated heterocycles. The molecule has 0 bridgehead atoms. The maximum atomic E-state index is 11.5. The van der Waals surface area contributed by atoms with Crippen molar-refractivity contribution in [2.75, 3.05) is 7.11 Å². The summed E-state index contributed by atoms with van der Waals surface area (Å²) in [6.45, 7) is 1.72. The SMILES string of the molecule is COC(=O)c1c(C)cn2nc[nH]c(=O)c12. The van der Waals surface area contributed by atoms with Crippen LogP contribution in [-0.4, -0.2) is 27.7 Å². The highest BCUT2D eigenvalue weighted by Crippen LogP contribution is 2.14. The average molecular weight is 207 g/mol. The molecule has 6 nitrogen and oxygen atoms in total. The van der Waals surface area contributed by atoms with Crippen molar-refractivity contribution in [3.05, 3.63) is 34.0 Å². The molecule has 0 radical (unpaired) electrons. The number of nitrogens with one attached hydrogen (secondary N) is 1. The smallest absolute Gasteiger partial charge is 0.340 e. The first-order chi connectivity index (χ1) is 7.15. The van der Waals surface area contributed by atoms with Crippen LogP contribution in [0.25, 0.3) is 5.52 Å². The normalized spacial score (nSPS) is 10.5. The van der Waals surface area contributed by atoms with Gasteiger partial charge in [0, 0.05) is 6.20 Å². The number of aryl methyl sites for hydroxylation is 1. The van der Waals surface area contributed by atoms with E-state index in [1.165, 1.54) is 18.0 Å². The number of hydrogen-bond acceptors (Lipinski definition) is 4. The summed E-state index contributed by atoms with van der Waals surface area (Å²) in [5, 5.41) is 3.89. The van der Waals surface area contributed by atoms with Crippen molar-refractivity contribution in [2.24, 2.45) is 0 Å². The number of rotatable bonds is 1. The van der Waals surface area contributed by atoms with Crippen LogP contribution < -0.4 is 5.56 Å². The van der Waals surface area contributed by atoms with E-state index in [1.54, 1.807) is 13.1 Å². The van der Waals surface area contributed by atoms with Gasteiger partial charge in [-0.1, -0.05) is 0 Å². The molecule has 0 spiro atoms. The first-order valence-corrected chi connectivity index (χ1v) is 4.29. The second-order valence-corrected chi connectivity index (χ2v) is 3.09. The molecular weight excluding hydrogens is 198 g/mol. The molecule has 0 unspecified atom stereocenters. The summed E-state index contributed by atoms with van der Waals surface area (Å²) in [4.78, 5) is 25.4. The Bertz CT molecular complexity index is 582. The van der Waals surface area contributed by atoms with Crippen molar-refractivity contribution in [2.45, 2.75) is 6.92 Å². The molecule has 2 heterocycles. The lowest BCUT2D eigenvalue weighted by atomic mass is 10.2. The number of aromatic nitrogens is 3. The highest BCUT2D eigenvalue weighted by atomic mass is 16.5. The molecule has 0 aliphatic heterocycles. The molecule has 2 aromatic heterocycles. The van der Waals surface area contributed by atoms with Crippen molar-refractivity contribution in [1.82, 2.24) is 14.6 Å². The predicted molar refractivity (Wildman–Crippen MR) is 51.9 cm³/mol. The summed E-state index contributed by atoms with van der Waals surface area (Å²) in [5.41, 5.74) is 0.762. The van der Waals surface area contributed by atoms with Gasteiger partial charge in [0.15, 0.2) is 0 Å². The number of hydrogen-bond donors (Lipinski definition) is 1. The van der Waals surface area contributed by atoms with Gasteiger partial charge < -0.3 is 9.72 Å². The van der Waals surface area contributed by atoms with Crippen LogP contribution in [0.2, 0.25) is 0 Å².